The highest BCUT2D eigenvalue weighted by atomic mass is 35.5. The molecular formula is C20H17Cl2NO2S. The van der Waals surface area contributed by atoms with Crippen LogP contribution in [0.3, 0.4) is 0 Å². The molecule has 1 aromatic heterocycles. The Balaban J connectivity index is 1.61. The van der Waals surface area contributed by atoms with Crippen molar-refractivity contribution in [2.24, 2.45) is 0 Å². The van der Waals surface area contributed by atoms with Gasteiger partial charge in [-0.2, -0.15) is 0 Å². The van der Waals surface area contributed by atoms with Gasteiger partial charge >= 0.3 is 0 Å². The number of carbonyl (C=O) groups excluding carboxylic acids is 1. The summed E-state index contributed by atoms with van der Waals surface area (Å²) in [6, 6.07) is 15.0. The van der Waals surface area contributed by atoms with Crippen molar-refractivity contribution in [3.63, 3.8) is 0 Å². The average molecular weight is 406 g/mol. The Kier molecular flexibility index (Phi) is 6.20. The Morgan fingerprint density at radius 3 is 2.62 bits per heavy atom. The summed E-state index contributed by atoms with van der Waals surface area (Å²) in [5.41, 5.74) is 2.70. The second-order valence-electron chi connectivity index (χ2n) is 5.66. The van der Waals surface area contributed by atoms with Gasteiger partial charge < -0.3 is 10.1 Å². The summed E-state index contributed by atoms with van der Waals surface area (Å²) < 4.78 is 5.77. The number of hydrogen-bond donors (Lipinski definition) is 1. The van der Waals surface area contributed by atoms with Gasteiger partial charge in [0.2, 0.25) is 0 Å². The minimum atomic E-state index is -0.224. The molecule has 1 amide bonds. The minimum absolute atomic E-state index is 0.224. The number of nitrogens with one attached hydrogen (secondary N) is 1. The monoisotopic (exact) mass is 405 g/mol. The van der Waals surface area contributed by atoms with Gasteiger partial charge in [0.05, 0.1) is 20.6 Å². The lowest BCUT2D eigenvalue weighted by Crippen LogP contribution is -2.10. The van der Waals surface area contributed by atoms with Gasteiger partial charge in [0, 0.05) is 5.56 Å². The fraction of sp³-hybridized carbons (Fsp3) is 0.150. The number of anilines is 1. The molecule has 0 saturated heterocycles. The van der Waals surface area contributed by atoms with Crippen LogP contribution in [0.2, 0.25) is 10.0 Å². The van der Waals surface area contributed by atoms with Crippen LogP contribution in [-0.4, -0.2) is 5.91 Å². The van der Waals surface area contributed by atoms with E-state index in [1.54, 1.807) is 18.2 Å². The number of benzene rings is 2. The summed E-state index contributed by atoms with van der Waals surface area (Å²) in [6.07, 6.45) is 1.000. The van der Waals surface area contributed by atoms with Crippen molar-refractivity contribution in [3.8, 4) is 5.75 Å². The fourth-order valence-electron chi connectivity index (χ4n) is 2.34. The lowest BCUT2D eigenvalue weighted by atomic mass is 10.2. The van der Waals surface area contributed by atoms with Crippen LogP contribution in [0.15, 0.2) is 53.9 Å². The van der Waals surface area contributed by atoms with Gasteiger partial charge in [0.25, 0.3) is 5.91 Å². The molecule has 134 valence electrons. The maximum atomic E-state index is 12.4. The highest BCUT2D eigenvalue weighted by Gasteiger charge is 2.13. The van der Waals surface area contributed by atoms with E-state index >= 15 is 0 Å². The first kappa shape index (κ1) is 18.8. The van der Waals surface area contributed by atoms with Crippen LogP contribution in [-0.2, 0) is 13.0 Å². The number of thiophene rings is 1. The second-order valence-corrected chi connectivity index (χ2v) is 7.36. The Labute approximate surface area is 166 Å². The number of hydrogen-bond acceptors (Lipinski definition) is 3. The summed E-state index contributed by atoms with van der Waals surface area (Å²) in [5, 5.41) is 5.43. The van der Waals surface area contributed by atoms with E-state index in [9.17, 15) is 4.79 Å². The first-order chi connectivity index (χ1) is 12.6. The molecule has 0 aliphatic carbocycles. The zero-order valence-corrected chi connectivity index (χ0v) is 16.4. The number of ether oxygens (including phenoxy) is 1. The maximum absolute atomic E-state index is 12.4. The van der Waals surface area contributed by atoms with Gasteiger partial charge in [-0.15, -0.1) is 11.3 Å². The van der Waals surface area contributed by atoms with E-state index in [0.29, 0.717) is 27.2 Å². The van der Waals surface area contributed by atoms with Crippen LogP contribution in [0, 0.1) is 0 Å². The number of halogens is 2. The van der Waals surface area contributed by atoms with E-state index in [1.165, 1.54) is 16.9 Å². The Morgan fingerprint density at radius 1 is 1.12 bits per heavy atom. The summed E-state index contributed by atoms with van der Waals surface area (Å²) in [5.74, 6) is 0.586. The number of rotatable bonds is 6. The fourth-order valence-corrected chi connectivity index (χ4v) is 3.48. The first-order valence-electron chi connectivity index (χ1n) is 8.11. The van der Waals surface area contributed by atoms with Gasteiger partial charge in [0.1, 0.15) is 12.4 Å². The first-order valence-corrected chi connectivity index (χ1v) is 9.75. The predicted molar refractivity (Wildman–Crippen MR) is 109 cm³/mol. The van der Waals surface area contributed by atoms with Crippen molar-refractivity contribution in [1.29, 1.82) is 0 Å². The van der Waals surface area contributed by atoms with Crippen molar-refractivity contribution < 1.29 is 9.53 Å². The van der Waals surface area contributed by atoms with Gasteiger partial charge in [-0.05, 0) is 47.7 Å². The van der Waals surface area contributed by atoms with Gasteiger partial charge in [0.15, 0.2) is 0 Å². The van der Waals surface area contributed by atoms with E-state index in [-0.39, 0.29) is 5.91 Å². The van der Waals surface area contributed by atoms with Gasteiger partial charge in [-0.3, -0.25) is 4.79 Å². The molecule has 0 saturated carbocycles. The van der Waals surface area contributed by atoms with Crippen LogP contribution in [0.1, 0.15) is 27.7 Å². The molecule has 26 heavy (non-hydrogen) atoms. The quantitative estimate of drug-likeness (QED) is 0.511. The lowest BCUT2D eigenvalue weighted by molar-refractivity contribution is 0.103. The molecule has 6 heteroatoms. The van der Waals surface area contributed by atoms with E-state index in [2.05, 4.69) is 24.4 Å². The van der Waals surface area contributed by atoms with Crippen molar-refractivity contribution in [3.05, 3.63) is 80.0 Å². The van der Waals surface area contributed by atoms with Crippen molar-refractivity contribution in [2.45, 2.75) is 20.0 Å². The molecule has 0 bridgehead atoms. The highest BCUT2D eigenvalue weighted by molar-refractivity contribution is 7.12. The van der Waals surface area contributed by atoms with Crippen molar-refractivity contribution in [2.75, 3.05) is 5.32 Å². The SMILES string of the molecule is CCc1ccc(OCc2csc(C(=O)Nc3cccc(Cl)c3Cl)c2)cc1. The summed E-state index contributed by atoms with van der Waals surface area (Å²) in [7, 11) is 0. The zero-order valence-electron chi connectivity index (χ0n) is 14.1. The Bertz CT molecular complexity index is 906. The van der Waals surface area contributed by atoms with Gasteiger partial charge in [-0.1, -0.05) is 48.3 Å². The molecule has 0 spiro atoms. The zero-order chi connectivity index (χ0) is 18.5. The number of aryl methyl sites for hydroxylation is 1. The molecule has 3 nitrogen and oxygen atoms in total. The Hall–Kier alpha value is -2.01. The Morgan fingerprint density at radius 2 is 1.88 bits per heavy atom. The number of carbonyl (C=O) groups is 1. The molecule has 0 fully saturated rings. The molecular weight excluding hydrogens is 389 g/mol. The molecule has 1 N–H and O–H groups in total. The normalized spacial score (nSPS) is 10.6. The van der Waals surface area contributed by atoms with E-state index in [1.807, 2.05) is 23.6 Å². The maximum Gasteiger partial charge on any atom is 0.265 e. The van der Waals surface area contributed by atoms with Crippen LogP contribution in [0.4, 0.5) is 5.69 Å². The number of amides is 1. The second kappa shape index (κ2) is 8.58. The van der Waals surface area contributed by atoms with Gasteiger partial charge in [-0.25, -0.2) is 0 Å². The summed E-state index contributed by atoms with van der Waals surface area (Å²) in [4.78, 5) is 13.0. The molecule has 0 aliphatic rings. The largest absolute Gasteiger partial charge is 0.489 e. The van der Waals surface area contributed by atoms with E-state index < -0.39 is 0 Å². The van der Waals surface area contributed by atoms with Crippen LogP contribution >= 0.6 is 34.5 Å². The molecule has 3 rings (SSSR count). The smallest absolute Gasteiger partial charge is 0.265 e. The van der Waals surface area contributed by atoms with E-state index in [0.717, 1.165) is 17.7 Å². The third-order valence-corrected chi connectivity index (χ3v) is 5.61. The lowest BCUT2D eigenvalue weighted by Gasteiger charge is -2.07. The molecule has 3 aromatic rings. The van der Waals surface area contributed by atoms with Crippen molar-refractivity contribution >= 4 is 46.1 Å². The average Bonchev–Trinajstić information content (AvgIpc) is 3.13. The van der Waals surface area contributed by atoms with Crippen LogP contribution in [0.25, 0.3) is 0 Å². The third kappa shape index (κ3) is 4.58. The summed E-state index contributed by atoms with van der Waals surface area (Å²) in [6.45, 7) is 2.53. The van der Waals surface area contributed by atoms with Crippen LogP contribution < -0.4 is 10.1 Å². The molecule has 0 unspecified atom stereocenters. The predicted octanol–water partition coefficient (Wildman–Crippen LogP) is 6.45. The van der Waals surface area contributed by atoms with Crippen molar-refractivity contribution in [1.82, 2.24) is 0 Å². The minimum Gasteiger partial charge on any atom is -0.489 e. The molecule has 0 atom stereocenters. The molecule has 1 heterocycles. The van der Waals surface area contributed by atoms with E-state index in [4.69, 9.17) is 27.9 Å². The summed E-state index contributed by atoms with van der Waals surface area (Å²) >= 11 is 13.4. The standard InChI is InChI=1S/C20H17Cl2NO2S/c1-2-13-6-8-15(9-7-13)25-11-14-10-18(26-12-14)20(24)23-17-5-3-4-16(21)19(17)22/h3-10,12H,2,11H2,1H3,(H,23,24). The third-order valence-electron chi connectivity index (χ3n) is 3.81. The molecule has 0 aliphatic heterocycles. The molecule has 0 radical (unpaired) electrons. The van der Waals surface area contributed by atoms with Crippen LogP contribution in [0.5, 0.6) is 5.75 Å². The molecule has 2 aromatic carbocycles. The highest BCUT2D eigenvalue weighted by Crippen LogP contribution is 2.30. The topological polar surface area (TPSA) is 38.3 Å².